The molecule has 4 rings (SSSR count). The lowest BCUT2D eigenvalue weighted by atomic mass is 9.99. The van der Waals surface area contributed by atoms with Crippen molar-refractivity contribution < 1.29 is 13.2 Å². The maximum absolute atomic E-state index is 12.8. The highest BCUT2D eigenvalue weighted by Gasteiger charge is 2.30. The molecule has 0 radical (unpaired) electrons. The Morgan fingerprint density at radius 2 is 1.74 bits per heavy atom. The number of benzene rings is 1. The second-order valence-electron chi connectivity index (χ2n) is 8.24. The maximum Gasteiger partial charge on any atom is 0.243 e. The predicted octanol–water partition coefficient (Wildman–Crippen LogP) is 3.72. The zero-order valence-electron chi connectivity index (χ0n) is 16.0. The number of hydrogen-bond acceptors (Lipinski definition) is 3. The van der Waals surface area contributed by atoms with Crippen LogP contribution >= 0.6 is 0 Å². The van der Waals surface area contributed by atoms with Gasteiger partial charge in [-0.2, -0.15) is 4.31 Å². The molecular weight excluding hydrogens is 360 g/mol. The quantitative estimate of drug-likeness (QED) is 0.770. The van der Waals surface area contributed by atoms with Gasteiger partial charge in [0.15, 0.2) is 0 Å². The summed E-state index contributed by atoms with van der Waals surface area (Å²) in [5.41, 5.74) is 1.91. The van der Waals surface area contributed by atoms with Crippen LogP contribution in [0.2, 0.25) is 0 Å². The Hall–Kier alpha value is -1.40. The van der Waals surface area contributed by atoms with Crippen LogP contribution < -0.4 is 4.90 Å². The highest BCUT2D eigenvalue weighted by molar-refractivity contribution is 7.89. The molecule has 1 saturated carbocycles. The summed E-state index contributed by atoms with van der Waals surface area (Å²) in [5.74, 6) is 0.907. The van der Waals surface area contributed by atoms with E-state index in [2.05, 4.69) is 0 Å². The fourth-order valence-electron chi connectivity index (χ4n) is 4.83. The lowest BCUT2D eigenvalue weighted by molar-refractivity contribution is -0.119. The topological polar surface area (TPSA) is 57.7 Å². The molecule has 1 aliphatic carbocycles. The van der Waals surface area contributed by atoms with Crippen molar-refractivity contribution in [3.05, 3.63) is 23.8 Å². The second kappa shape index (κ2) is 7.92. The van der Waals surface area contributed by atoms with E-state index in [1.54, 1.807) is 16.4 Å². The third-order valence-electron chi connectivity index (χ3n) is 6.41. The van der Waals surface area contributed by atoms with Gasteiger partial charge in [0.25, 0.3) is 0 Å². The van der Waals surface area contributed by atoms with Crippen LogP contribution in [-0.4, -0.2) is 38.3 Å². The Morgan fingerprint density at radius 1 is 1.00 bits per heavy atom. The molecule has 0 unspecified atom stereocenters. The van der Waals surface area contributed by atoms with E-state index in [0.29, 0.717) is 30.3 Å². The standard InChI is InChI=1S/C21H30N2O3S/c24-21(12-9-17-6-1-2-7-17)23-15-5-8-18-16-19(10-11-20(18)23)27(25,26)22-13-3-4-14-22/h10-11,16-17H,1-9,12-15H2. The molecule has 0 N–H and O–H groups in total. The maximum atomic E-state index is 12.8. The number of carbonyl (C=O) groups excluding carboxylic acids is 1. The van der Waals surface area contributed by atoms with Crippen molar-refractivity contribution in [3.8, 4) is 0 Å². The molecular formula is C21H30N2O3S. The molecule has 2 heterocycles. The number of carbonyl (C=O) groups is 1. The van der Waals surface area contributed by atoms with Crippen molar-refractivity contribution in [1.82, 2.24) is 4.31 Å². The van der Waals surface area contributed by atoms with Crippen LogP contribution in [0.1, 0.15) is 63.4 Å². The van der Waals surface area contributed by atoms with Crippen LogP contribution in [0.15, 0.2) is 23.1 Å². The van der Waals surface area contributed by atoms with E-state index < -0.39 is 10.0 Å². The molecule has 1 aromatic rings. The Morgan fingerprint density at radius 3 is 2.48 bits per heavy atom. The summed E-state index contributed by atoms with van der Waals surface area (Å²) in [7, 11) is -3.40. The monoisotopic (exact) mass is 390 g/mol. The molecule has 0 spiro atoms. The summed E-state index contributed by atoms with van der Waals surface area (Å²) in [4.78, 5) is 15.1. The highest BCUT2D eigenvalue weighted by Crippen LogP contribution is 2.33. The number of nitrogens with zero attached hydrogens (tertiary/aromatic N) is 2. The van der Waals surface area contributed by atoms with E-state index in [-0.39, 0.29) is 5.91 Å². The van der Waals surface area contributed by atoms with E-state index in [1.807, 2.05) is 11.0 Å². The molecule has 148 valence electrons. The number of hydrogen-bond donors (Lipinski definition) is 0. The lowest BCUT2D eigenvalue weighted by Crippen LogP contribution is -2.36. The Bertz CT molecular complexity index is 794. The average Bonchev–Trinajstić information content (AvgIpc) is 3.39. The molecule has 0 bridgehead atoms. The number of rotatable bonds is 5. The van der Waals surface area contributed by atoms with Gasteiger partial charge in [0.05, 0.1) is 4.90 Å². The van der Waals surface area contributed by atoms with Crippen molar-refractivity contribution in [2.75, 3.05) is 24.5 Å². The van der Waals surface area contributed by atoms with Gasteiger partial charge >= 0.3 is 0 Å². The summed E-state index contributed by atoms with van der Waals surface area (Å²) >= 11 is 0. The molecule has 2 aliphatic heterocycles. The van der Waals surface area contributed by atoms with Gasteiger partial charge in [-0.3, -0.25) is 4.79 Å². The van der Waals surface area contributed by atoms with Crippen LogP contribution in [-0.2, 0) is 21.2 Å². The largest absolute Gasteiger partial charge is 0.312 e. The van der Waals surface area contributed by atoms with Gasteiger partial charge in [-0.15, -0.1) is 0 Å². The van der Waals surface area contributed by atoms with Gasteiger partial charge in [0, 0.05) is 31.7 Å². The van der Waals surface area contributed by atoms with E-state index in [4.69, 9.17) is 0 Å². The van der Waals surface area contributed by atoms with Crippen molar-refractivity contribution >= 4 is 21.6 Å². The highest BCUT2D eigenvalue weighted by atomic mass is 32.2. The first-order valence-corrected chi connectivity index (χ1v) is 11.9. The van der Waals surface area contributed by atoms with Gasteiger partial charge in [0.2, 0.25) is 15.9 Å². The molecule has 0 aromatic heterocycles. The van der Waals surface area contributed by atoms with Crippen molar-refractivity contribution in [2.45, 2.75) is 69.1 Å². The van der Waals surface area contributed by atoms with E-state index >= 15 is 0 Å². The first kappa shape index (κ1) is 18.9. The van der Waals surface area contributed by atoms with E-state index in [0.717, 1.165) is 49.9 Å². The molecule has 6 heteroatoms. The smallest absolute Gasteiger partial charge is 0.243 e. The number of anilines is 1. The zero-order chi connectivity index (χ0) is 18.9. The molecule has 1 saturated heterocycles. The third kappa shape index (κ3) is 3.92. The number of fused-ring (bicyclic) bond motifs is 1. The Balaban J connectivity index is 1.50. The van der Waals surface area contributed by atoms with Crippen LogP contribution in [0.4, 0.5) is 5.69 Å². The minimum absolute atomic E-state index is 0.193. The molecule has 0 atom stereocenters. The van der Waals surface area contributed by atoms with Crippen LogP contribution in [0.5, 0.6) is 0 Å². The predicted molar refractivity (Wildman–Crippen MR) is 106 cm³/mol. The van der Waals surface area contributed by atoms with Crippen LogP contribution in [0, 0.1) is 5.92 Å². The molecule has 5 nitrogen and oxygen atoms in total. The number of sulfonamides is 1. The second-order valence-corrected chi connectivity index (χ2v) is 10.2. The fraction of sp³-hybridized carbons (Fsp3) is 0.667. The van der Waals surface area contributed by atoms with Crippen molar-refractivity contribution in [1.29, 1.82) is 0 Å². The zero-order valence-corrected chi connectivity index (χ0v) is 16.8. The fourth-order valence-corrected chi connectivity index (χ4v) is 6.40. The Kier molecular flexibility index (Phi) is 5.55. The lowest BCUT2D eigenvalue weighted by Gasteiger charge is -2.30. The molecule has 1 amide bonds. The van der Waals surface area contributed by atoms with E-state index in [9.17, 15) is 13.2 Å². The van der Waals surface area contributed by atoms with Crippen molar-refractivity contribution in [3.63, 3.8) is 0 Å². The summed E-state index contributed by atoms with van der Waals surface area (Å²) in [5, 5.41) is 0. The minimum Gasteiger partial charge on any atom is -0.312 e. The van der Waals surface area contributed by atoms with Gasteiger partial charge in [-0.25, -0.2) is 8.42 Å². The molecule has 27 heavy (non-hydrogen) atoms. The first-order chi connectivity index (χ1) is 13.1. The van der Waals surface area contributed by atoms with Crippen LogP contribution in [0.3, 0.4) is 0 Å². The molecule has 1 aromatic carbocycles. The summed E-state index contributed by atoms with van der Waals surface area (Å²) in [6.45, 7) is 1.98. The molecule has 2 fully saturated rings. The number of aryl methyl sites for hydroxylation is 1. The number of amides is 1. The van der Waals surface area contributed by atoms with Crippen LogP contribution in [0.25, 0.3) is 0 Å². The normalized spacial score (nSPS) is 21.6. The summed E-state index contributed by atoms with van der Waals surface area (Å²) in [6.07, 6.45) is 10.4. The summed E-state index contributed by atoms with van der Waals surface area (Å²) < 4.78 is 27.2. The Labute approximate surface area is 162 Å². The van der Waals surface area contributed by atoms with Gasteiger partial charge in [-0.05, 0) is 61.8 Å². The third-order valence-corrected chi connectivity index (χ3v) is 8.31. The first-order valence-electron chi connectivity index (χ1n) is 10.5. The minimum atomic E-state index is -3.40. The van der Waals surface area contributed by atoms with Gasteiger partial charge in [-0.1, -0.05) is 25.7 Å². The van der Waals surface area contributed by atoms with E-state index in [1.165, 1.54) is 25.7 Å². The van der Waals surface area contributed by atoms with Gasteiger partial charge < -0.3 is 4.90 Å². The molecule has 3 aliphatic rings. The average molecular weight is 391 g/mol. The van der Waals surface area contributed by atoms with Gasteiger partial charge in [0.1, 0.15) is 0 Å². The summed E-state index contributed by atoms with van der Waals surface area (Å²) in [6, 6.07) is 5.35. The SMILES string of the molecule is O=C(CCC1CCCC1)N1CCCc2cc(S(=O)(=O)N3CCCC3)ccc21. The van der Waals surface area contributed by atoms with Crippen molar-refractivity contribution in [2.24, 2.45) is 5.92 Å².